The van der Waals surface area contributed by atoms with Crippen molar-refractivity contribution in [3.8, 4) is 0 Å². The standard InChI is InChI=1S/C14H13BrOS/c15-13-6-8-14(9-7-13)17(16)11-10-12-4-2-1-3-5-12/h1-9H,10-11H2. The van der Waals surface area contributed by atoms with Crippen LogP contribution in [0.5, 0.6) is 0 Å². The van der Waals surface area contributed by atoms with E-state index < -0.39 is 10.8 Å². The fraction of sp³-hybridized carbons (Fsp3) is 0.143. The summed E-state index contributed by atoms with van der Waals surface area (Å²) < 4.78 is 13.0. The van der Waals surface area contributed by atoms with Crippen LogP contribution in [0.15, 0.2) is 64.0 Å². The second kappa shape index (κ2) is 6.12. The first-order chi connectivity index (χ1) is 8.25. The van der Waals surface area contributed by atoms with Gasteiger partial charge < -0.3 is 0 Å². The lowest BCUT2D eigenvalue weighted by molar-refractivity contribution is 0.682. The molecule has 0 bridgehead atoms. The van der Waals surface area contributed by atoms with Gasteiger partial charge in [0.15, 0.2) is 0 Å². The summed E-state index contributed by atoms with van der Waals surface area (Å²) in [6.45, 7) is 0. The number of halogens is 1. The summed E-state index contributed by atoms with van der Waals surface area (Å²) in [5, 5.41) is 0. The van der Waals surface area contributed by atoms with Crippen molar-refractivity contribution >= 4 is 26.7 Å². The second-order valence-corrected chi connectivity index (χ2v) is 6.23. The lowest BCUT2D eigenvalue weighted by Gasteiger charge is -2.03. The minimum absolute atomic E-state index is 0.672. The Morgan fingerprint density at radius 2 is 1.59 bits per heavy atom. The Kier molecular flexibility index (Phi) is 4.51. The zero-order valence-electron chi connectivity index (χ0n) is 9.30. The summed E-state index contributed by atoms with van der Waals surface area (Å²) >= 11 is 3.37. The SMILES string of the molecule is O=S(CCc1ccccc1)c1ccc(Br)cc1. The highest BCUT2D eigenvalue weighted by atomic mass is 79.9. The molecule has 0 saturated heterocycles. The van der Waals surface area contributed by atoms with Crippen LogP contribution in [0.25, 0.3) is 0 Å². The van der Waals surface area contributed by atoms with Gasteiger partial charge in [-0.1, -0.05) is 46.3 Å². The molecule has 17 heavy (non-hydrogen) atoms. The van der Waals surface area contributed by atoms with Crippen molar-refractivity contribution < 1.29 is 4.21 Å². The van der Waals surface area contributed by atoms with Gasteiger partial charge in [0.1, 0.15) is 0 Å². The van der Waals surface area contributed by atoms with Crippen LogP contribution in [0, 0.1) is 0 Å². The molecule has 0 saturated carbocycles. The molecule has 0 aromatic heterocycles. The molecule has 0 N–H and O–H groups in total. The van der Waals surface area contributed by atoms with E-state index in [2.05, 4.69) is 28.1 Å². The molecule has 2 aromatic carbocycles. The lowest BCUT2D eigenvalue weighted by Crippen LogP contribution is -2.01. The fourth-order valence-electron chi connectivity index (χ4n) is 1.56. The summed E-state index contributed by atoms with van der Waals surface area (Å²) in [4.78, 5) is 0.893. The van der Waals surface area contributed by atoms with Gasteiger partial charge in [0.05, 0.1) is 10.8 Å². The highest BCUT2D eigenvalue weighted by Gasteiger charge is 2.03. The number of aryl methyl sites for hydroxylation is 1. The third-order valence-corrected chi connectivity index (χ3v) is 4.40. The Labute approximate surface area is 112 Å². The Balaban J connectivity index is 1.96. The van der Waals surface area contributed by atoms with Crippen molar-refractivity contribution in [2.75, 3.05) is 5.75 Å². The van der Waals surface area contributed by atoms with E-state index in [0.29, 0.717) is 5.75 Å². The molecule has 1 atom stereocenters. The normalized spacial score (nSPS) is 12.3. The minimum Gasteiger partial charge on any atom is -0.254 e. The molecule has 1 unspecified atom stereocenters. The van der Waals surface area contributed by atoms with E-state index >= 15 is 0 Å². The van der Waals surface area contributed by atoms with Gasteiger partial charge in [-0.15, -0.1) is 0 Å². The molecular formula is C14H13BrOS. The zero-order chi connectivity index (χ0) is 12.1. The van der Waals surface area contributed by atoms with Gasteiger partial charge in [-0.05, 0) is 36.2 Å². The van der Waals surface area contributed by atoms with Crippen molar-refractivity contribution in [2.45, 2.75) is 11.3 Å². The molecule has 2 aromatic rings. The van der Waals surface area contributed by atoms with E-state index in [-0.39, 0.29) is 0 Å². The number of hydrogen-bond acceptors (Lipinski definition) is 1. The first-order valence-corrected chi connectivity index (χ1v) is 7.55. The molecule has 0 aliphatic carbocycles. The van der Waals surface area contributed by atoms with Gasteiger partial charge in [0.25, 0.3) is 0 Å². The molecule has 2 rings (SSSR count). The summed E-state index contributed by atoms with van der Waals surface area (Å²) in [7, 11) is -0.913. The van der Waals surface area contributed by atoms with E-state index in [1.807, 2.05) is 42.5 Å². The van der Waals surface area contributed by atoms with E-state index in [1.165, 1.54) is 5.56 Å². The Morgan fingerprint density at radius 1 is 0.941 bits per heavy atom. The van der Waals surface area contributed by atoms with Gasteiger partial charge >= 0.3 is 0 Å². The molecule has 0 heterocycles. The predicted molar refractivity (Wildman–Crippen MR) is 75.6 cm³/mol. The van der Waals surface area contributed by atoms with Crippen LogP contribution in [-0.2, 0) is 17.2 Å². The number of hydrogen-bond donors (Lipinski definition) is 0. The highest BCUT2D eigenvalue weighted by Crippen LogP contribution is 2.14. The van der Waals surface area contributed by atoms with Gasteiger partial charge in [-0.3, -0.25) is 4.21 Å². The fourth-order valence-corrected chi connectivity index (χ4v) is 2.92. The molecular weight excluding hydrogens is 296 g/mol. The van der Waals surface area contributed by atoms with Crippen molar-refractivity contribution in [3.05, 3.63) is 64.6 Å². The smallest absolute Gasteiger partial charge is 0.0532 e. The van der Waals surface area contributed by atoms with Crippen LogP contribution in [-0.4, -0.2) is 9.96 Å². The maximum atomic E-state index is 12.0. The van der Waals surface area contributed by atoms with Crippen molar-refractivity contribution in [1.29, 1.82) is 0 Å². The minimum atomic E-state index is -0.913. The van der Waals surface area contributed by atoms with Gasteiger partial charge in [0, 0.05) is 15.1 Å². The van der Waals surface area contributed by atoms with Crippen LogP contribution in [0.4, 0.5) is 0 Å². The number of rotatable bonds is 4. The molecule has 0 spiro atoms. The van der Waals surface area contributed by atoms with E-state index in [4.69, 9.17) is 0 Å². The molecule has 1 nitrogen and oxygen atoms in total. The molecule has 0 aliphatic heterocycles. The molecule has 0 amide bonds. The molecule has 88 valence electrons. The third-order valence-electron chi connectivity index (χ3n) is 2.50. The highest BCUT2D eigenvalue weighted by molar-refractivity contribution is 9.10. The van der Waals surface area contributed by atoms with Crippen LogP contribution in [0.1, 0.15) is 5.56 Å². The predicted octanol–water partition coefficient (Wildman–Crippen LogP) is 3.80. The Hall–Kier alpha value is -0.930. The van der Waals surface area contributed by atoms with Gasteiger partial charge in [-0.25, -0.2) is 0 Å². The average Bonchev–Trinajstić information content (AvgIpc) is 2.38. The largest absolute Gasteiger partial charge is 0.254 e. The average molecular weight is 309 g/mol. The number of benzene rings is 2. The zero-order valence-corrected chi connectivity index (χ0v) is 11.7. The van der Waals surface area contributed by atoms with Crippen LogP contribution >= 0.6 is 15.9 Å². The topological polar surface area (TPSA) is 17.1 Å². The lowest BCUT2D eigenvalue weighted by atomic mass is 10.2. The van der Waals surface area contributed by atoms with Gasteiger partial charge in [-0.2, -0.15) is 0 Å². The monoisotopic (exact) mass is 308 g/mol. The molecule has 0 aliphatic rings. The quantitative estimate of drug-likeness (QED) is 0.839. The Bertz CT molecular complexity index is 493. The van der Waals surface area contributed by atoms with Gasteiger partial charge in [0.2, 0.25) is 0 Å². The van der Waals surface area contributed by atoms with Crippen molar-refractivity contribution in [1.82, 2.24) is 0 Å². The van der Waals surface area contributed by atoms with Crippen LogP contribution in [0.2, 0.25) is 0 Å². The Morgan fingerprint density at radius 3 is 2.24 bits per heavy atom. The summed E-state index contributed by atoms with van der Waals surface area (Å²) in [5.41, 5.74) is 1.23. The van der Waals surface area contributed by atoms with E-state index in [9.17, 15) is 4.21 Å². The van der Waals surface area contributed by atoms with Crippen molar-refractivity contribution in [3.63, 3.8) is 0 Å². The van der Waals surface area contributed by atoms with Crippen LogP contribution < -0.4 is 0 Å². The maximum Gasteiger partial charge on any atom is 0.0532 e. The summed E-state index contributed by atoms with van der Waals surface area (Å²) in [6.07, 6.45) is 0.851. The maximum absolute atomic E-state index is 12.0. The second-order valence-electron chi connectivity index (χ2n) is 3.74. The first-order valence-electron chi connectivity index (χ1n) is 5.43. The van der Waals surface area contributed by atoms with E-state index in [1.54, 1.807) is 0 Å². The molecule has 0 fully saturated rings. The van der Waals surface area contributed by atoms with Crippen LogP contribution in [0.3, 0.4) is 0 Å². The summed E-state index contributed by atoms with van der Waals surface area (Å²) in [5.74, 6) is 0.672. The summed E-state index contributed by atoms with van der Waals surface area (Å²) in [6, 6.07) is 17.8. The third kappa shape index (κ3) is 3.79. The molecule has 0 radical (unpaired) electrons. The van der Waals surface area contributed by atoms with E-state index in [0.717, 1.165) is 15.8 Å². The molecule has 3 heteroatoms. The first kappa shape index (κ1) is 12.5. The van der Waals surface area contributed by atoms with Crippen molar-refractivity contribution in [2.24, 2.45) is 0 Å².